The van der Waals surface area contributed by atoms with Gasteiger partial charge in [0.1, 0.15) is 5.82 Å². The first-order valence-electron chi connectivity index (χ1n) is 9.74. The molecule has 1 heterocycles. The molecule has 1 saturated carbocycles. The number of allylic oxidation sites excluding steroid dienone is 1. The summed E-state index contributed by atoms with van der Waals surface area (Å²) in [4.78, 5) is 29.1. The molecule has 152 valence electrons. The van der Waals surface area contributed by atoms with Gasteiger partial charge in [0.25, 0.3) is 11.8 Å². The fourth-order valence-corrected chi connectivity index (χ4v) is 3.08. The predicted octanol–water partition coefficient (Wildman–Crippen LogP) is 4.17. The van der Waals surface area contributed by atoms with Crippen molar-refractivity contribution in [3.05, 3.63) is 65.1 Å². The van der Waals surface area contributed by atoms with Gasteiger partial charge in [0.15, 0.2) is 0 Å². The number of benzene rings is 1. The van der Waals surface area contributed by atoms with E-state index in [-0.39, 0.29) is 23.4 Å². The van der Waals surface area contributed by atoms with Crippen molar-refractivity contribution < 1.29 is 14.0 Å². The summed E-state index contributed by atoms with van der Waals surface area (Å²) in [6.45, 7) is 7.34. The Balaban J connectivity index is 1.84. The first-order chi connectivity index (χ1) is 13.7. The Bertz CT molecular complexity index is 961. The van der Waals surface area contributed by atoms with Gasteiger partial charge in [-0.05, 0) is 70.4 Å². The average Bonchev–Trinajstić information content (AvgIpc) is 3.47. The first kappa shape index (κ1) is 20.7. The van der Waals surface area contributed by atoms with Crippen LogP contribution in [-0.4, -0.2) is 28.4 Å². The quantitative estimate of drug-likeness (QED) is 0.721. The minimum absolute atomic E-state index is 0.193. The lowest BCUT2D eigenvalue weighted by atomic mass is 10.00. The number of hydrogen-bond acceptors (Lipinski definition) is 3. The number of nitrogens with one attached hydrogen (secondary N) is 2. The average molecular weight is 395 g/mol. The summed E-state index contributed by atoms with van der Waals surface area (Å²) in [6, 6.07) is 6.41. The van der Waals surface area contributed by atoms with Crippen LogP contribution in [0, 0.1) is 12.7 Å². The highest BCUT2D eigenvalue weighted by Crippen LogP contribution is 2.27. The van der Waals surface area contributed by atoms with Crippen molar-refractivity contribution in [2.24, 2.45) is 0 Å². The molecule has 29 heavy (non-hydrogen) atoms. The van der Waals surface area contributed by atoms with Gasteiger partial charge in [-0.2, -0.15) is 0 Å². The van der Waals surface area contributed by atoms with Crippen molar-refractivity contribution in [1.29, 1.82) is 0 Å². The highest BCUT2D eigenvalue weighted by Gasteiger charge is 2.25. The molecule has 3 rings (SSSR count). The maximum absolute atomic E-state index is 14.4. The molecule has 2 N–H and O–H groups in total. The zero-order valence-corrected chi connectivity index (χ0v) is 17.2. The summed E-state index contributed by atoms with van der Waals surface area (Å²) >= 11 is 0. The van der Waals surface area contributed by atoms with Crippen LogP contribution in [0.1, 0.15) is 59.9 Å². The van der Waals surface area contributed by atoms with Crippen LogP contribution in [0.4, 0.5) is 4.39 Å². The van der Waals surface area contributed by atoms with Gasteiger partial charge >= 0.3 is 0 Å². The van der Waals surface area contributed by atoms with E-state index in [1.54, 1.807) is 25.1 Å². The van der Waals surface area contributed by atoms with Gasteiger partial charge in [-0.3, -0.25) is 14.6 Å². The van der Waals surface area contributed by atoms with Gasteiger partial charge in [0, 0.05) is 23.4 Å². The maximum Gasteiger partial charge on any atom is 0.253 e. The second-order valence-corrected chi connectivity index (χ2v) is 7.99. The molecular formula is C23H26FN3O2. The highest BCUT2D eigenvalue weighted by molar-refractivity contribution is 5.96. The summed E-state index contributed by atoms with van der Waals surface area (Å²) < 4.78 is 14.4. The zero-order valence-electron chi connectivity index (χ0n) is 17.2. The molecule has 2 amide bonds. The smallest absolute Gasteiger partial charge is 0.253 e. The van der Waals surface area contributed by atoms with E-state index in [1.165, 1.54) is 12.3 Å². The fraction of sp³-hybridized carbons (Fsp3) is 0.348. The molecule has 6 heteroatoms. The van der Waals surface area contributed by atoms with Crippen LogP contribution in [0.3, 0.4) is 0 Å². The topological polar surface area (TPSA) is 71.1 Å². The maximum atomic E-state index is 14.4. The molecule has 1 aliphatic rings. The van der Waals surface area contributed by atoms with Gasteiger partial charge < -0.3 is 10.6 Å². The number of amides is 2. The summed E-state index contributed by atoms with van der Waals surface area (Å²) in [5, 5.41) is 5.79. The summed E-state index contributed by atoms with van der Waals surface area (Å²) in [5.74, 6) is -0.984. The van der Waals surface area contributed by atoms with E-state index in [4.69, 9.17) is 0 Å². The molecule has 5 nitrogen and oxygen atoms in total. The minimum Gasteiger partial charge on any atom is -0.349 e. The van der Waals surface area contributed by atoms with E-state index in [0.29, 0.717) is 22.4 Å². The van der Waals surface area contributed by atoms with E-state index >= 15 is 0 Å². The molecular weight excluding hydrogens is 369 g/mol. The SMILES string of the molecule is CC=CC(C)(C)NC(=O)c1ccc(-c2cc(C(=O)NC3CC3)cc(F)c2C)nc1. The summed E-state index contributed by atoms with van der Waals surface area (Å²) in [5.41, 5.74) is 1.65. The number of rotatable bonds is 6. The Morgan fingerprint density at radius 2 is 1.90 bits per heavy atom. The van der Waals surface area contributed by atoms with Crippen LogP contribution in [0.15, 0.2) is 42.6 Å². The third-order valence-corrected chi connectivity index (χ3v) is 4.84. The van der Waals surface area contributed by atoms with Crippen LogP contribution in [-0.2, 0) is 0 Å². The second-order valence-electron chi connectivity index (χ2n) is 7.99. The predicted molar refractivity (Wildman–Crippen MR) is 111 cm³/mol. The summed E-state index contributed by atoms with van der Waals surface area (Å²) in [6.07, 6.45) is 7.17. The number of nitrogens with zero attached hydrogens (tertiary/aromatic N) is 1. The minimum atomic E-state index is -0.479. The van der Waals surface area contributed by atoms with Crippen LogP contribution in [0.25, 0.3) is 11.3 Å². The van der Waals surface area contributed by atoms with Crippen molar-refractivity contribution >= 4 is 11.8 Å². The monoisotopic (exact) mass is 395 g/mol. The first-order valence-corrected chi connectivity index (χ1v) is 9.74. The Hall–Kier alpha value is -3.02. The number of pyridine rings is 1. The van der Waals surface area contributed by atoms with Crippen LogP contribution >= 0.6 is 0 Å². The van der Waals surface area contributed by atoms with E-state index in [1.807, 2.05) is 32.9 Å². The molecule has 0 bridgehead atoms. The van der Waals surface area contributed by atoms with Crippen LogP contribution < -0.4 is 10.6 Å². The standard InChI is InChI=1S/C23H26FN3O2/c1-5-10-23(3,4)27-22(29)15-6-9-20(25-13-15)18-11-16(12-19(24)14(18)2)21(28)26-17-7-8-17/h5-6,9-13,17H,7-8H2,1-4H3,(H,26,28)(H,27,29). The van der Waals surface area contributed by atoms with E-state index in [0.717, 1.165) is 12.8 Å². The van der Waals surface area contributed by atoms with Crippen molar-refractivity contribution in [1.82, 2.24) is 15.6 Å². The molecule has 0 aliphatic heterocycles. The van der Waals surface area contributed by atoms with E-state index in [2.05, 4.69) is 15.6 Å². The van der Waals surface area contributed by atoms with Gasteiger partial charge in [-0.1, -0.05) is 12.2 Å². The molecule has 0 radical (unpaired) electrons. The largest absolute Gasteiger partial charge is 0.349 e. The summed E-state index contributed by atoms with van der Waals surface area (Å²) in [7, 11) is 0. The fourth-order valence-electron chi connectivity index (χ4n) is 3.08. The molecule has 1 aromatic heterocycles. The molecule has 0 atom stereocenters. The number of carbonyl (C=O) groups is 2. The normalized spacial score (nSPS) is 14.1. The molecule has 1 fully saturated rings. The van der Waals surface area contributed by atoms with Gasteiger partial charge in [0.05, 0.1) is 16.8 Å². The molecule has 0 unspecified atom stereocenters. The lowest BCUT2D eigenvalue weighted by Gasteiger charge is -2.22. The Labute approximate surface area is 170 Å². The van der Waals surface area contributed by atoms with E-state index in [9.17, 15) is 14.0 Å². The highest BCUT2D eigenvalue weighted by atomic mass is 19.1. The van der Waals surface area contributed by atoms with Gasteiger partial charge in [-0.25, -0.2) is 4.39 Å². The molecule has 0 spiro atoms. The third-order valence-electron chi connectivity index (χ3n) is 4.84. The number of hydrogen-bond donors (Lipinski definition) is 2. The number of halogens is 1. The molecule has 1 aromatic carbocycles. The lowest BCUT2D eigenvalue weighted by molar-refractivity contribution is 0.0924. The second kappa shape index (κ2) is 8.15. The van der Waals surface area contributed by atoms with E-state index < -0.39 is 11.4 Å². The zero-order chi connectivity index (χ0) is 21.2. The van der Waals surface area contributed by atoms with Crippen molar-refractivity contribution in [2.75, 3.05) is 0 Å². The van der Waals surface area contributed by atoms with Crippen LogP contribution in [0.5, 0.6) is 0 Å². The number of aromatic nitrogens is 1. The lowest BCUT2D eigenvalue weighted by Crippen LogP contribution is -2.41. The van der Waals surface area contributed by atoms with Crippen molar-refractivity contribution in [3.8, 4) is 11.3 Å². The van der Waals surface area contributed by atoms with Crippen molar-refractivity contribution in [2.45, 2.75) is 52.1 Å². The Morgan fingerprint density at radius 3 is 2.48 bits per heavy atom. The van der Waals surface area contributed by atoms with Crippen LogP contribution in [0.2, 0.25) is 0 Å². The van der Waals surface area contributed by atoms with Gasteiger partial charge in [0.2, 0.25) is 0 Å². The molecule has 2 aromatic rings. The Morgan fingerprint density at radius 1 is 1.17 bits per heavy atom. The molecule has 0 saturated heterocycles. The Kier molecular flexibility index (Phi) is 5.82. The van der Waals surface area contributed by atoms with Gasteiger partial charge in [-0.15, -0.1) is 0 Å². The third kappa shape index (κ3) is 5.08. The van der Waals surface area contributed by atoms with Crippen molar-refractivity contribution in [3.63, 3.8) is 0 Å². The molecule has 1 aliphatic carbocycles. The number of carbonyl (C=O) groups excluding carboxylic acids is 2.